The van der Waals surface area contributed by atoms with Gasteiger partial charge in [0.15, 0.2) is 0 Å². The molecule has 5 heteroatoms. The molecule has 4 nitrogen and oxygen atoms in total. The highest BCUT2D eigenvalue weighted by molar-refractivity contribution is 5.91. The number of anilines is 1. The van der Waals surface area contributed by atoms with Crippen LogP contribution in [0.4, 0.5) is 14.9 Å². The number of carbonyl (C=O) groups is 1. The van der Waals surface area contributed by atoms with E-state index in [9.17, 15) is 9.18 Å². The van der Waals surface area contributed by atoms with Crippen LogP contribution in [0, 0.1) is 19.7 Å². The maximum absolute atomic E-state index is 14.6. The maximum Gasteiger partial charge on any atom is 0.322 e. The number of hydrogen-bond donors (Lipinski definition) is 1. The minimum absolute atomic E-state index is 0.215. The number of aromatic nitrogens is 1. The molecule has 138 valence electrons. The van der Waals surface area contributed by atoms with Gasteiger partial charge in [-0.2, -0.15) is 0 Å². The largest absolute Gasteiger partial charge is 0.348 e. The summed E-state index contributed by atoms with van der Waals surface area (Å²) in [6, 6.07) is 15.8. The fraction of sp³-hybridized carbons (Fsp3) is 0.227. The molecule has 0 bridgehead atoms. The van der Waals surface area contributed by atoms with Crippen molar-refractivity contribution in [1.82, 2.24) is 9.47 Å². The highest BCUT2D eigenvalue weighted by Gasteiger charge is 2.34. The fourth-order valence-corrected chi connectivity index (χ4v) is 3.82. The van der Waals surface area contributed by atoms with E-state index in [4.69, 9.17) is 0 Å². The molecule has 2 amide bonds. The summed E-state index contributed by atoms with van der Waals surface area (Å²) in [4.78, 5) is 14.9. The number of nitrogens with zero attached hydrogens (tertiary/aromatic N) is 2. The SMILES string of the molecule is Cc1cccc(C)c1NC(=O)N1CCn2cccc2C1c1ccccc1F. The van der Waals surface area contributed by atoms with Crippen molar-refractivity contribution in [2.75, 3.05) is 11.9 Å². The lowest BCUT2D eigenvalue weighted by Crippen LogP contribution is -2.44. The molecule has 2 heterocycles. The number of rotatable bonds is 2. The molecule has 0 spiro atoms. The quantitative estimate of drug-likeness (QED) is 0.692. The Morgan fingerprint density at radius 1 is 1.00 bits per heavy atom. The monoisotopic (exact) mass is 363 g/mol. The van der Waals surface area contributed by atoms with Crippen LogP contribution in [0.1, 0.15) is 28.4 Å². The molecule has 2 aromatic carbocycles. The molecule has 1 aromatic heterocycles. The Labute approximate surface area is 158 Å². The Bertz CT molecular complexity index is 974. The number of fused-ring (bicyclic) bond motifs is 1. The van der Waals surface area contributed by atoms with Gasteiger partial charge in [-0.1, -0.05) is 36.4 Å². The summed E-state index contributed by atoms with van der Waals surface area (Å²) in [7, 11) is 0. The van der Waals surface area contributed by atoms with Gasteiger partial charge >= 0.3 is 6.03 Å². The molecule has 0 radical (unpaired) electrons. The number of urea groups is 1. The van der Waals surface area contributed by atoms with Crippen molar-refractivity contribution in [3.8, 4) is 0 Å². The number of para-hydroxylation sites is 1. The lowest BCUT2D eigenvalue weighted by molar-refractivity contribution is 0.180. The van der Waals surface area contributed by atoms with Gasteiger partial charge in [-0.3, -0.25) is 0 Å². The number of benzene rings is 2. The van der Waals surface area contributed by atoms with Crippen molar-refractivity contribution in [2.24, 2.45) is 0 Å². The molecule has 0 aliphatic carbocycles. The van der Waals surface area contributed by atoms with E-state index in [1.54, 1.807) is 17.0 Å². The van der Waals surface area contributed by atoms with Gasteiger partial charge in [-0.05, 0) is 43.2 Å². The second-order valence-corrected chi connectivity index (χ2v) is 6.94. The third-order valence-corrected chi connectivity index (χ3v) is 5.21. The predicted octanol–water partition coefficient (Wildman–Crippen LogP) is 4.88. The van der Waals surface area contributed by atoms with E-state index in [1.807, 2.05) is 56.4 Å². The van der Waals surface area contributed by atoms with Gasteiger partial charge in [0.25, 0.3) is 0 Å². The average molecular weight is 363 g/mol. The zero-order valence-electron chi connectivity index (χ0n) is 15.4. The number of carbonyl (C=O) groups excluding carboxylic acids is 1. The molecule has 0 fully saturated rings. The molecule has 27 heavy (non-hydrogen) atoms. The normalized spacial score (nSPS) is 16.1. The lowest BCUT2D eigenvalue weighted by Gasteiger charge is -2.37. The summed E-state index contributed by atoms with van der Waals surface area (Å²) in [5.41, 5.74) is 4.25. The van der Waals surface area contributed by atoms with Crippen molar-refractivity contribution >= 4 is 11.7 Å². The lowest BCUT2D eigenvalue weighted by atomic mass is 9.99. The molecule has 0 saturated carbocycles. The number of amides is 2. The summed E-state index contributed by atoms with van der Waals surface area (Å²) in [5.74, 6) is -0.304. The van der Waals surface area contributed by atoms with Crippen LogP contribution in [-0.2, 0) is 6.54 Å². The Balaban J connectivity index is 1.73. The van der Waals surface area contributed by atoms with Crippen LogP contribution in [-0.4, -0.2) is 22.0 Å². The zero-order chi connectivity index (χ0) is 19.0. The third kappa shape index (κ3) is 3.10. The van der Waals surface area contributed by atoms with E-state index >= 15 is 0 Å². The number of hydrogen-bond acceptors (Lipinski definition) is 1. The van der Waals surface area contributed by atoms with Crippen molar-refractivity contribution in [3.05, 3.63) is 89.0 Å². The van der Waals surface area contributed by atoms with Crippen molar-refractivity contribution < 1.29 is 9.18 Å². The van der Waals surface area contributed by atoms with Gasteiger partial charge in [0, 0.05) is 36.2 Å². The fourth-order valence-electron chi connectivity index (χ4n) is 3.82. The van der Waals surface area contributed by atoms with Gasteiger partial charge in [-0.25, -0.2) is 9.18 Å². The number of aryl methyl sites for hydroxylation is 2. The second kappa shape index (κ2) is 6.91. The average Bonchev–Trinajstić information content (AvgIpc) is 3.13. The van der Waals surface area contributed by atoms with Crippen molar-refractivity contribution in [1.29, 1.82) is 0 Å². The molecule has 1 aliphatic heterocycles. The predicted molar refractivity (Wildman–Crippen MR) is 104 cm³/mol. The van der Waals surface area contributed by atoms with Crippen LogP contribution in [0.15, 0.2) is 60.8 Å². The van der Waals surface area contributed by atoms with Crippen LogP contribution < -0.4 is 5.32 Å². The third-order valence-electron chi connectivity index (χ3n) is 5.21. The summed E-state index contributed by atoms with van der Waals surface area (Å²) in [6.07, 6.45) is 1.98. The van der Waals surface area contributed by atoms with Gasteiger partial charge in [0.2, 0.25) is 0 Å². The Kier molecular flexibility index (Phi) is 4.44. The Hall–Kier alpha value is -3.08. The topological polar surface area (TPSA) is 37.3 Å². The Morgan fingerprint density at radius 2 is 1.74 bits per heavy atom. The summed E-state index contributed by atoms with van der Waals surface area (Å²) >= 11 is 0. The highest BCUT2D eigenvalue weighted by atomic mass is 19.1. The molecular weight excluding hydrogens is 341 g/mol. The minimum Gasteiger partial charge on any atom is -0.348 e. The van der Waals surface area contributed by atoms with Gasteiger partial charge < -0.3 is 14.8 Å². The first kappa shape index (κ1) is 17.3. The van der Waals surface area contributed by atoms with E-state index in [2.05, 4.69) is 9.88 Å². The first-order valence-electron chi connectivity index (χ1n) is 9.09. The summed E-state index contributed by atoms with van der Waals surface area (Å²) < 4.78 is 16.7. The molecule has 4 rings (SSSR count). The number of nitrogens with one attached hydrogen (secondary N) is 1. The first-order chi connectivity index (χ1) is 13.1. The van der Waals surface area contributed by atoms with Crippen LogP contribution in [0.25, 0.3) is 0 Å². The molecule has 1 unspecified atom stereocenters. The van der Waals surface area contributed by atoms with Crippen LogP contribution in [0.2, 0.25) is 0 Å². The van der Waals surface area contributed by atoms with Crippen LogP contribution in [0.5, 0.6) is 0 Å². The molecule has 3 aromatic rings. The van der Waals surface area contributed by atoms with Crippen molar-refractivity contribution in [3.63, 3.8) is 0 Å². The van der Waals surface area contributed by atoms with E-state index in [-0.39, 0.29) is 11.8 Å². The van der Waals surface area contributed by atoms with Gasteiger partial charge in [0.1, 0.15) is 11.9 Å². The highest BCUT2D eigenvalue weighted by Crippen LogP contribution is 2.34. The van der Waals surface area contributed by atoms with Crippen LogP contribution in [0.3, 0.4) is 0 Å². The number of halogens is 1. The van der Waals surface area contributed by atoms with E-state index < -0.39 is 6.04 Å². The molecule has 0 saturated heterocycles. The van der Waals surface area contributed by atoms with Crippen LogP contribution >= 0.6 is 0 Å². The first-order valence-corrected chi connectivity index (χ1v) is 9.09. The van der Waals surface area contributed by atoms with Gasteiger partial charge in [0.05, 0.1) is 0 Å². The zero-order valence-corrected chi connectivity index (χ0v) is 15.4. The maximum atomic E-state index is 14.6. The summed E-state index contributed by atoms with van der Waals surface area (Å²) in [5, 5.41) is 3.05. The molecule has 1 N–H and O–H groups in total. The smallest absolute Gasteiger partial charge is 0.322 e. The minimum atomic E-state index is -0.459. The molecular formula is C22H22FN3O. The van der Waals surface area contributed by atoms with Gasteiger partial charge in [-0.15, -0.1) is 0 Å². The van der Waals surface area contributed by atoms with E-state index in [0.29, 0.717) is 18.7 Å². The second-order valence-electron chi connectivity index (χ2n) is 6.94. The van der Waals surface area contributed by atoms with E-state index in [1.165, 1.54) is 6.07 Å². The molecule has 1 aliphatic rings. The van der Waals surface area contributed by atoms with Crippen molar-refractivity contribution in [2.45, 2.75) is 26.4 Å². The Morgan fingerprint density at radius 3 is 2.48 bits per heavy atom. The standard InChI is InChI=1S/C22H22FN3O/c1-15-7-5-8-16(2)20(15)24-22(27)26-14-13-25-12-6-11-19(25)21(26)17-9-3-4-10-18(17)23/h3-12,21H,13-14H2,1-2H3,(H,24,27). The molecule has 1 atom stereocenters. The summed E-state index contributed by atoms with van der Waals surface area (Å²) in [6.45, 7) is 5.14. The van der Waals surface area contributed by atoms with E-state index in [0.717, 1.165) is 22.5 Å².